The first-order valence-electron chi connectivity index (χ1n) is 4.64. The predicted molar refractivity (Wildman–Crippen MR) is 65.2 cm³/mol. The third-order valence-corrected chi connectivity index (χ3v) is 2.78. The average Bonchev–Trinajstić information content (AvgIpc) is 2.65. The number of hydrogen-bond donors (Lipinski definition) is 3. The van der Waals surface area contributed by atoms with Crippen molar-refractivity contribution in [1.82, 2.24) is 15.0 Å². The Hall–Kier alpha value is -2.01. The number of fused-ring (bicyclic) bond motifs is 3. The van der Waals surface area contributed by atoms with Crippen LogP contribution in [-0.4, -0.2) is 15.0 Å². The lowest BCUT2D eigenvalue weighted by Crippen LogP contribution is -2.00. The number of halogens is 1. The molecule has 16 heavy (non-hydrogen) atoms. The number of H-pyrrole nitrogens is 1. The maximum absolute atomic E-state index is 6.10. The second-order valence-corrected chi connectivity index (χ2v) is 3.90. The van der Waals surface area contributed by atoms with Gasteiger partial charge in [0.1, 0.15) is 5.82 Å². The predicted octanol–water partition coefficient (Wildman–Crippen LogP) is 1.93. The van der Waals surface area contributed by atoms with Crippen LogP contribution in [0.4, 0.5) is 11.8 Å². The van der Waals surface area contributed by atoms with Crippen LogP contribution in [0, 0.1) is 0 Å². The Kier molecular flexibility index (Phi) is 1.73. The molecular weight excluding hydrogens is 226 g/mol. The van der Waals surface area contributed by atoms with Gasteiger partial charge in [0.2, 0.25) is 0 Å². The first-order valence-corrected chi connectivity index (χ1v) is 5.02. The highest BCUT2D eigenvalue weighted by Crippen LogP contribution is 2.32. The molecule has 0 atom stereocenters. The highest BCUT2D eigenvalue weighted by molar-refractivity contribution is 6.37. The molecule has 0 saturated carbocycles. The minimum atomic E-state index is 0.264. The van der Waals surface area contributed by atoms with Gasteiger partial charge in [0.15, 0.2) is 5.95 Å². The zero-order valence-corrected chi connectivity index (χ0v) is 8.92. The van der Waals surface area contributed by atoms with Gasteiger partial charge in [-0.3, -0.25) is 4.98 Å². The van der Waals surface area contributed by atoms with Gasteiger partial charge in [-0.05, 0) is 12.1 Å². The number of nitrogen functional groups attached to an aromatic ring is 2. The first kappa shape index (κ1) is 9.23. The van der Waals surface area contributed by atoms with Gasteiger partial charge in [-0.25, -0.2) is 0 Å². The molecule has 0 unspecified atom stereocenters. The molecule has 0 aliphatic rings. The Balaban J connectivity index is 2.64. The number of rotatable bonds is 0. The SMILES string of the molecule is Nc1nc(N)c2c(cc(Cl)c3nccc32)[nH]1. The molecule has 2 heterocycles. The van der Waals surface area contributed by atoms with Gasteiger partial charge >= 0.3 is 0 Å². The molecule has 0 aliphatic heterocycles. The summed E-state index contributed by atoms with van der Waals surface area (Å²) in [7, 11) is 0. The highest BCUT2D eigenvalue weighted by Gasteiger charge is 2.11. The zero-order chi connectivity index (χ0) is 11.3. The van der Waals surface area contributed by atoms with Crippen molar-refractivity contribution < 1.29 is 0 Å². The fourth-order valence-corrected chi connectivity index (χ4v) is 2.13. The van der Waals surface area contributed by atoms with Gasteiger partial charge < -0.3 is 16.5 Å². The molecule has 5 N–H and O–H groups in total. The number of nitrogens with zero attached hydrogens (tertiary/aromatic N) is 2. The average molecular weight is 234 g/mol. The normalized spacial score (nSPS) is 11.3. The number of benzene rings is 1. The molecule has 0 fully saturated rings. The Labute approximate surface area is 95.4 Å². The third kappa shape index (κ3) is 1.12. The van der Waals surface area contributed by atoms with E-state index in [9.17, 15) is 0 Å². The number of aromatic amines is 1. The van der Waals surface area contributed by atoms with Crippen molar-refractivity contribution in [2.24, 2.45) is 0 Å². The van der Waals surface area contributed by atoms with Crippen molar-refractivity contribution >= 4 is 45.2 Å². The quantitative estimate of drug-likeness (QED) is 0.553. The lowest BCUT2D eigenvalue weighted by molar-refractivity contribution is 1.25. The van der Waals surface area contributed by atoms with Crippen LogP contribution in [0.5, 0.6) is 0 Å². The Morgan fingerprint density at radius 3 is 2.94 bits per heavy atom. The molecular formula is C10H8ClN5. The molecule has 3 aromatic rings. The molecule has 2 aromatic heterocycles. The van der Waals surface area contributed by atoms with Gasteiger partial charge in [0.25, 0.3) is 0 Å². The summed E-state index contributed by atoms with van der Waals surface area (Å²) in [4.78, 5) is 11.1. The fraction of sp³-hybridized carbons (Fsp3) is 0. The van der Waals surface area contributed by atoms with Crippen molar-refractivity contribution in [3.8, 4) is 0 Å². The first-order chi connectivity index (χ1) is 7.66. The summed E-state index contributed by atoms with van der Waals surface area (Å²) < 4.78 is 0. The van der Waals surface area contributed by atoms with E-state index >= 15 is 0 Å². The Bertz CT molecular complexity index is 703. The molecule has 80 valence electrons. The summed E-state index contributed by atoms with van der Waals surface area (Å²) in [5.41, 5.74) is 12.9. The number of hydrogen-bond acceptors (Lipinski definition) is 4. The van der Waals surface area contributed by atoms with Crippen LogP contribution >= 0.6 is 11.6 Å². The van der Waals surface area contributed by atoms with Crippen LogP contribution in [0.2, 0.25) is 5.02 Å². The van der Waals surface area contributed by atoms with E-state index in [4.69, 9.17) is 23.1 Å². The lowest BCUT2D eigenvalue weighted by Gasteiger charge is -2.06. The van der Waals surface area contributed by atoms with E-state index in [1.165, 1.54) is 0 Å². The van der Waals surface area contributed by atoms with Gasteiger partial charge in [-0.1, -0.05) is 11.6 Å². The molecule has 3 rings (SSSR count). The highest BCUT2D eigenvalue weighted by atomic mass is 35.5. The number of nitrogens with two attached hydrogens (primary N) is 2. The molecule has 0 radical (unpaired) electrons. The van der Waals surface area contributed by atoms with E-state index in [-0.39, 0.29) is 5.95 Å². The van der Waals surface area contributed by atoms with Crippen molar-refractivity contribution in [2.45, 2.75) is 0 Å². The van der Waals surface area contributed by atoms with E-state index < -0.39 is 0 Å². The summed E-state index contributed by atoms with van der Waals surface area (Å²) in [6.07, 6.45) is 1.69. The van der Waals surface area contributed by atoms with Crippen LogP contribution in [0.25, 0.3) is 21.8 Å². The Morgan fingerprint density at radius 2 is 2.12 bits per heavy atom. The van der Waals surface area contributed by atoms with E-state index in [0.29, 0.717) is 10.8 Å². The second kappa shape index (κ2) is 2.99. The maximum atomic E-state index is 6.10. The zero-order valence-electron chi connectivity index (χ0n) is 8.16. The lowest BCUT2D eigenvalue weighted by atomic mass is 10.1. The van der Waals surface area contributed by atoms with Crippen LogP contribution in [0.15, 0.2) is 18.3 Å². The smallest absolute Gasteiger partial charge is 0.199 e. The Morgan fingerprint density at radius 1 is 1.31 bits per heavy atom. The number of nitrogens with one attached hydrogen (secondary N) is 1. The van der Waals surface area contributed by atoms with E-state index in [2.05, 4.69) is 15.0 Å². The molecule has 0 saturated heterocycles. The van der Waals surface area contributed by atoms with Crippen molar-refractivity contribution in [3.63, 3.8) is 0 Å². The molecule has 0 aliphatic carbocycles. The van der Waals surface area contributed by atoms with Crippen LogP contribution in [0.3, 0.4) is 0 Å². The van der Waals surface area contributed by atoms with Crippen LogP contribution in [0.1, 0.15) is 0 Å². The molecule has 0 amide bonds. The minimum Gasteiger partial charge on any atom is -0.383 e. The van der Waals surface area contributed by atoms with E-state index in [1.54, 1.807) is 12.3 Å². The van der Waals surface area contributed by atoms with Gasteiger partial charge in [0.05, 0.1) is 16.1 Å². The largest absolute Gasteiger partial charge is 0.383 e. The van der Waals surface area contributed by atoms with Gasteiger partial charge in [0, 0.05) is 17.0 Å². The van der Waals surface area contributed by atoms with Crippen molar-refractivity contribution in [2.75, 3.05) is 11.5 Å². The molecule has 0 bridgehead atoms. The molecule has 1 aromatic carbocycles. The summed E-state index contributed by atoms with van der Waals surface area (Å²) >= 11 is 6.10. The monoisotopic (exact) mass is 233 g/mol. The van der Waals surface area contributed by atoms with Crippen molar-refractivity contribution in [1.29, 1.82) is 0 Å². The van der Waals surface area contributed by atoms with Gasteiger partial charge in [-0.15, -0.1) is 0 Å². The number of anilines is 2. The summed E-state index contributed by atoms with van der Waals surface area (Å²) in [5, 5.41) is 2.24. The third-order valence-electron chi connectivity index (χ3n) is 2.50. The van der Waals surface area contributed by atoms with Crippen LogP contribution < -0.4 is 11.5 Å². The van der Waals surface area contributed by atoms with E-state index in [1.807, 2.05) is 6.07 Å². The summed E-state index contributed by atoms with van der Waals surface area (Å²) in [6, 6.07) is 3.60. The topological polar surface area (TPSA) is 93.6 Å². The minimum absolute atomic E-state index is 0.264. The summed E-state index contributed by atoms with van der Waals surface area (Å²) in [5.74, 6) is 0.640. The standard InChI is InChI=1S/C10H8ClN5/c11-5-3-6-7(4-1-2-14-8(4)5)9(12)16-10(13)15-6/h1-3H,12H2,(H3,13,15,16). The van der Waals surface area contributed by atoms with E-state index in [0.717, 1.165) is 21.8 Å². The molecule has 5 nitrogen and oxygen atoms in total. The number of aromatic nitrogens is 3. The summed E-state index contributed by atoms with van der Waals surface area (Å²) in [6.45, 7) is 0. The molecule has 6 heteroatoms. The van der Waals surface area contributed by atoms with Crippen molar-refractivity contribution in [3.05, 3.63) is 23.4 Å². The fourth-order valence-electron chi connectivity index (χ4n) is 1.87. The second-order valence-electron chi connectivity index (χ2n) is 3.50. The maximum Gasteiger partial charge on any atom is 0.199 e. The van der Waals surface area contributed by atoms with Gasteiger partial charge in [-0.2, -0.15) is 4.98 Å². The molecule has 0 spiro atoms. The van der Waals surface area contributed by atoms with Crippen LogP contribution in [-0.2, 0) is 0 Å².